The Morgan fingerprint density at radius 3 is 2.77 bits per heavy atom. The van der Waals surface area contributed by atoms with E-state index in [1.165, 1.54) is 0 Å². The second-order valence-electron chi connectivity index (χ2n) is 7.44. The lowest BCUT2D eigenvalue weighted by molar-refractivity contribution is -0.149. The fourth-order valence-corrected chi connectivity index (χ4v) is 3.35. The van der Waals surface area contributed by atoms with E-state index in [-0.39, 0.29) is 47.7 Å². The predicted octanol–water partition coefficient (Wildman–Crippen LogP) is 3.64. The first kappa shape index (κ1) is 26.2. The third kappa shape index (κ3) is 7.77. The predicted molar refractivity (Wildman–Crippen MR) is 131 cm³/mol. The first-order valence-corrected chi connectivity index (χ1v) is 10.5. The molecule has 2 rings (SSSR count). The Morgan fingerprint density at radius 2 is 2.10 bits per heavy atom. The van der Waals surface area contributed by atoms with Gasteiger partial charge in [0, 0.05) is 38.3 Å². The van der Waals surface area contributed by atoms with Gasteiger partial charge in [-0.3, -0.25) is 14.6 Å². The van der Waals surface area contributed by atoms with Crippen molar-refractivity contribution in [3.63, 3.8) is 0 Å². The van der Waals surface area contributed by atoms with Gasteiger partial charge in [0.05, 0.1) is 12.5 Å². The van der Waals surface area contributed by atoms with Gasteiger partial charge in [0.2, 0.25) is 5.91 Å². The van der Waals surface area contributed by atoms with Gasteiger partial charge in [0.1, 0.15) is 0 Å². The minimum Gasteiger partial charge on any atom is -0.466 e. The zero-order valence-corrected chi connectivity index (χ0v) is 20.8. The maximum atomic E-state index is 12.1. The first-order valence-electron chi connectivity index (χ1n) is 10.5. The molecule has 0 saturated carbocycles. The van der Waals surface area contributed by atoms with Crippen molar-refractivity contribution < 1.29 is 14.3 Å². The van der Waals surface area contributed by atoms with Crippen LogP contribution in [-0.2, 0) is 20.9 Å². The number of amides is 1. The average Bonchev–Trinajstić information content (AvgIpc) is 2.74. The molecule has 0 aliphatic carbocycles. The summed E-state index contributed by atoms with van der Waals surface area (Å²) in [5.74, 6) is 0.556. The normalized spacial score (nSPS) is 17.5. The number of hydrogen-bond donors (Lipinski definition) is 2. The van der Waals surface area contributed by atoms with Crippen molar-refractivity contribution in [2.75, 3.05) is 32.1 Å². The van der Waals surface area contributed by atoms with Crippen LogP contribution in [0.2, 0.25) is 0 Å². The minimum absolute atomic E-state index is 0. The van der Waals surface area contributed by atoms with E-state index in [2.05, 4.69) is 20.5 Å². The highest BCUT2D eigenvalue weighted by Gasteiger charge is 2.28. The van der Waals surface area contributed by atoms with E-state index in [9.17, 15) is 9.59 Å². The number of carbonyl (C=O) groups excluding carboxylic acids is 2. The second kappa shape index (κ2) is 13.5. The summed E-state index contributed by atoms with van der Waals surface area (Å²) in [6, 6.07) is 7.81. The van der Waals surface area contributed by atoms with Crippen molar-refractivity contribution in [3.8, 4) is 0 Å². The fraction of sp³-hybridized carbons (Fsp3) is 0.591. The summed E-state index contributed by atoms with van der Waals surface area (Å²) in [6.07, 6.45) is 2.59. The van der Waals surface area contributed by atoms with Crippen LogP contribution >= 0.6 is 24.0 Å². The molecular formula is C22H35IN4O3. The zero-order valence-electron chi connectivity index (χ0n) is 18.4. The molecule has 30 heavy (non-hydrogen) atoms. The smallest absolute Gasteiger partial charge is 0.310 e. The summed E-state index contributed by atoms with van der Waals surface area (Å²) in [6.45, 7) is 8.23. The molecule has 1 aromatic carbocycles. The summed E-state index contributed by atoms with van der Waals surface area (Å²) in [4.78, 5) is 30.7. The van der Waals surface area contributed by atoms with E-state index in [0.717, 1.165) is 43.0 Å². The molecular weight excluding hydrogens is 495 g/mol. The van der Waals surface area contributed by atoms with E-state index >= 15 is 0 Å². The highest BCUT2D eigenvalue weighted by Crippen LogP contribution is 2.18. The topological polar surface area (TPSA) is 83.0 Å². The third-order valence-electron chi connectivity index (χ3n) is 5.26. The molecule has 1 aliphatic heterocycles. The largest absolute Gasteiger partial charge is 0.466 e. The van der Waals surface area contributed by atoms with Crippen molar-refractivity contribution in [2.45, 2.75) is 46.6 Å². The molecule has 0 aromatic heterocycles. The number of benzene rings is 1. The molecule has 1 heterocycles. The van der Waals surface area contributed by atoms with Gasteiger partial charge < -0.3 is 20.3 Å². The van der Waals surface area contributed by atoms with Crippen LogP contribution in [0.3, 0.4) is 0 Å². The molecule has 1 aromatic rings. The second-order valence-corrected chi connectivity index (χ2v) is 7.44. The van der Waals surface area contributed by atoms with Gasteiger partial charge in [-0.15, -0.1) is 24.0 Å². The van der Waals surface area contributed by atoms with Crippen LogP contribution in [-0.4, -0.2) is 49.5 Å². The monoisotopic (exact) mass is 530 g/mol. The number of anilines is 1. The number of carbonyl (C=O) groups is 2. The van der Waals surface area contributed by atoms with Gasteiger partial charge in [-0.05, 0) is 43.9 Å². The molecule has 0 radical (unpaired) electrons. The molecule has 1 amide bonds. The van der Waals surface area contributed by atoms with E-state index in [0.29, 0.717) is 19.7 Å². The summed E-state index contributed by atoms with van der Waals surface area (Å²) in [5, 5.41) is 6.34. The summed E-state index contributed by atoms with van der Waals surface area (Å²) < 4.78 is 5.18. The number of ether oxygens (including phenoxy) is 1. The number of piperidine rings is 1. The van der Waals surface area contributed by atoms with Crippen LogP contribution in [0.4, 0.5) is 5.69 Å². The summed E-state index contributed by atoms with van der Waals surface area (Å²) in [5.41, 5.74) is 1.84. The van der Waals surface area contributed by atoms with Crippen molar-refractivity contribution in [1.29, 1.82) is 0 Å². The zero-order chi connectivity index (χ0) is 21.2. The van der Waals surface area contributed by atoms with Gasteiger partial charge in [-0.25, -0.2) is 0 Å². The maximum Gasteiger partial charge on any atom is 0.310 e. The molecule has 1 fully saturated rings. The van der Waals surface area contributed by atoms with E-state index < -0.39 is 0 Å². The van der Waals surface area contributed by atoms with E-state index in [1.807, 2.05) is 45.0 Å². The molecule has 8 heteroatoms. The Morgan fingerprint density at radius 1 is 1.33 bits per heavy atom. The number of aliphatic imine (C=N–C) groups is 1. The minimum atomic E-state index is -0.127. The van der Waals surface area contributed by atoms with Crippen molar-refractivity contribution >= 4 is 47.5 Å². The standard InChI is InChI=1S/C22H34N4O3.HI/c1-5-16(3)20(27)25-19-11-7-9-17(13-19)14-24-22(23-4)26-12-8-10-18(15-26)21(28)29-6-2;/h7,9,11,13,16,18H,5-6,8,10,12,14-15H2,1-4H3,(H,23,24)(H,25,27);1H. The molecule has 0 bridgehead atoms. The lowest BCUT2D eigenvalue weighted by atomic mass is 9.98. The lowest BCUT2D eigenvalue weighted by Crippen LogP contribution is -2.48. The molecule has 2 atom stereocenters. The Balaban J connectivity index is 0.00000450. The van der Waals surface area contributed by atoms with Gasteiger partial charge in [-0.2, -0.15) is 0 Å². The number of hydrogen-bond acceptors (Lipinski definition) is 4. The molecule has 168 valence electrons. The number of nitrogens with one attached hydrogen (secondary N) is 2. The molecule has 7 nitrogen and oxygen atoms in total. The maximum absolute atomic E-state index is 12.1. The Kier molecular flexibility index (Phi) is 11.8. The quantitative estimate of drug-likeness (QED) is 0.244. The number of guanidine groups is 1. The van der Waals surface area contributed by atoms with E-state index in [4.69, 9.17) is 4.74 Å². The highest BCUT2D eigenvalue weighted by molar-refractivity contribution is 14.0. The van der Waals surface area contributed by atoms with Crippen molar-refractivity contribution in [2.24, 2.45) is 16.8 Å². The Labute approximate surface area is 197 Å². The lowest BCUT2D eigenvalue weighted by Gasteiger charge is -2.34. The van der Waals surface area contributed by atoms with Crippen LogP contribution in [0.5, 0.6) is 0 Å². The van der Waals surface area contributed by atoms with Gasteiger partial charge in [0.25, 0.3) is 0 Å². The number of halogens is 1. The number of nitrogens with zero attached hydrogens (tertiary/aromatic N) is 2. The Hall–Kier alpha value is -1.84. The van der Waals surface area contributed by atoms with E-state index in [1.54, 1.807) is 7.05 Å². The van der Waals surface area contributed by atoms with Gasteiger partial charge in [-0.1, -0.05) is 26.0 Å². The highest BCUT2D eigenvalue weighted by atomic mass is 127. The number of likely N-dealkylation sites (tertiary alicyclic amines) is 1. The van der Waals surface area contributed by atoms with Crippen LogP contribution in [0.15, 0.2) is 29.3 Å². The number of esters is 1. The molecule has 1 aliphatic rings. The SMILES string of the molecule is CCOC(=O)C1CCCN(C(=NC)NCc2cccc(NC(=O)C(C)CC)c2)C1.I. The fourth-order valence-electron chi connectivity index (χ4n) is 3.35. The van der Waals surface area contributed by atoms with Gasteiger partial charge in [0.15, 0.2) is 5.96 Å². The summed E-state index contributed by atoms with van der Waals surface area (Å²) >= 11 is 0. The van der Waals surface area contributed by atoms with Crippen molar-refractivity contribution in [3.05, 3.63) is 29.8 Å². The van der Waals surface area contributed by atoms with Gasteiger partial charge >= 0.3 is 5.97 Å². The Bertz CT molecular complexity index is 726. The molecule has 2 N–H and O–H groups in total. The van der Waals surface area contributed by atoms with Crippen molar-refractivity contribution in [1.82, 2.24) is 10.2 Å². The molecule has 2 unspecified atom stereocenters. The van der Waals surface area contributed by atoms with Crippen LogP contribution in [0.25, 0.3) is 0 Å². The van der Waals surface area contributed by atoms with Crippen LogP contribution < -0.4 is 10.6 Å². The average molecular weight is 530 g/mol. The first-order chi connectivity index (χ1) is 14.0. The van der Waals surface area contributed by atoms with Crippen LogP contribution in [0, 0.1) is 11.8 Å². The summed E-state index contributed by atoms with van der Waals surface area (Å²) in [7, 11) is 1.75. The third-order valence-corrected chi connectivity index (χ3v) is 5.26. The van der Waals surface area contributed by atoms with Crippen LogP contribution in [0.1, 0.15) is 45.6 Å². The molecule has 0 spiro atoms. The molecule has 1 saturated heterocycles. The number of rotatable bonds is 7.